The van der Waals surface area contributed by atoms with Crippen LogP contribution in [0.2, 0.25) is 0 Å². The maximum absolute atomic E-state index is 12.1. The first-order valence-electron chi connectivity index (χ1n) is 7.84. The number of nitrogens with zero attached hydrogens (tertiary/aromatic N) is 2. The van der Waals surface area contributed by atoms with Gasteiger partial charge in [-0.3, -0.25) is 9.78 Å². The van der Waals surface area contributed by atoms with Crippen molar-refractivity contribution in [3.8, 4) is 11.5 Å². The van der Waals surface area contributed by atoms with Crippen LogP contribution in [0.25, 0.3) is 0 Å². The van der Waals surface area contributed by atoms with E-state index in [4.69, 9.17) is 9.47 Å². The summed E-state index contributed by atoms with van der Waals surface area (Å²) in [7, 11) is 1.48. The van der Waals surface area contributed by atoms with Crippen molar-refractivity contribution >= 4 is 29.4 Å². The van der Waals surface area contributed by atoms with Crippen LogP contribution in [0.3, 0.4) is 0 Å². The van der Waals surface area contributed by atoms with E-state index in [9.17, 15) is 9.59 Å². The summed E-state index contributed by atoms with van der Waals surface area (Å²) in [5.74, 6) is -0.142. The summed E-state index contributed by atoms with van der Waals surface area (Å²) in [5.41, 5.74) is 3.48. The Morgan fingerprint density at radius 1 is 1.19 bits per heavy atom. The van der Waals surface area contributed by atoms with Gasteiger partial charge in [-0.2, -0.15) is 5.10 Å². The lowest BCUT2D eigenvalue weighted by Gasteiger charge is -2.09. The van der Waals surface area contributed by atoms with Crippen LogP contribution < -0.4 is 14.9 Å². The maximum Gasteiger partial charge on any atom is 0.353 e. The summed E-state index contributed by atoms with van der Waals surface area (Å²) in [6, 6.07) is 11.7. The third-order valence-electron chi connectivity index (χ3n) is 3.42. The van der Waals surface area contributed by atoms with Crippen LogP contribution in [-0.2, 0) is 0 Å². The Hall–Kier alpha value is -3.52. The number of carbonyl (C=O) groups is 2. The summed E-state index contributed by atoms with van der Waals surface area (Å²) in [6.07, 6.45) is 4.49. The van der Waals surface area contributed by atoms with Gasteiger partial charge in [0.15, 0.2) is 11.5 Å². The molecule has 0 saturated heterocycles. The van der Waals surface area contributed by atoms with E-state index in [0.717, 1.165) is 0 Å². The van der Waals surface area contributed by atoms with Gasteiger partial charge in [0.1, 0.15) is 4.88 Å². The second-order valence-electron chi connectivity index (χ2n) is 5.22. The second kappa shape index (κ2) is 8.72. The van der Waals surface area contributed by atoms with E-state index in [1.54, 1.807) is 54.0 Å². The predicted molar refractivity (Wildman–Crippen MR) is 102 cm³/mol. The number of hydrazone groups is 1. The Morgan fingerprint density at radius 2 is 2.07 bits per heavy atom. The van der Waals surface area contributed by atoms with Crippen molar-refractivity contribution in [2.45, 2.75) is 0 Å². The number of amides is 1. The highest BCUT2D eigenvalue weighted by Crippen LogP contribution is 2.28. The highest BCUT2D eigenvalue weighted by atomic mass is 32.1. The minimum Gasteiger partial charge on any atom is -0.493 e. The lowest BCUT2D eigenvalue weighted by atomic mass is 10.2. The van der Waals surface area contributed by atoms with Gasteiger partial charge >= 0.3 is 5.97 Å². The molecular weight excluding hydrogens is 366 g/mol. The predicted octanol–water partition coefficient (Wildman–Crippen LogP) is 3.13. The van der Waals surface area contributed by atoms with Crippen molar-refractivity contribution in [3.05, 3.63) is 76.2 Å². The maximum atomic E-state index is 12.1. The molecule has 2 aromatic heterocycles. The molecule has 0 fully saturated rings. The zero-order valence-corrected chi connectivity index (χ0v) is 15.1. The molecule has 1 N–H and O–H groups in total. The smallest absolute Gasteiger partial charge is 0.353 e. The summed E-state index contributed by atoms with van der Waals surface area (Å²) in [4.78, 5) is 28.3. The number of nitrogens with one attached hydrogen (secondary N) is 1. The van der Waals surface area contributed by atoms with Crippen LogP contribution in [0.5, 0.6) is 11.5 Å². The monoisotopic (exact) mass is 381 g/mol. The molecule has 0 unspecified atom stereocenters. The SMILES string of the molecule is COc1cc(/C=N\NC(=O)c2cccnc2)ccc1OC(=O)c1cccs1. The van der Waals surface area contributed by atoms with E-state index in [2.05, 4.69) is 15.5 Å². The van der Waals surface area contributed by atoms with E-state index in [-0.39, 0.29) is 5.91 Å². The van der Waals surface area contributed by atoms with Gasteiger partial charge in [-0.15, -0.1) is 11.3 Å². The highest BCUT2D eigenvalue weighted by molar-refractivity contribution is 7.12. The molecule has 27 heavy (non-hydrogen) atoms. The Kier molecular flexibility index (Phi) is 5.91. The number of pyridine rings is 1. The average Bonchev–Trinajstić information content (AvgIpc) is 3.24. The van der Waals surface area contributed by atoms with Crippen molar-refractivity contribution in [2.75, 3.05) is 7.11 Å². The molecule has 136 valence electrons. The molecule has 1 aromatic carbocycles. The van der Waals surface area contributed by atoms with Gasteiger partial charge in [0.2, 0.25) is 0 Å². The van der Waals surface area contributed by atoms with E-state index < -0.39 is 5.97 Å². The van der Waals surface area contributed by atoms with Gasteiger partial charge in [-0.05, 0) is 47.3 Å². The van der Waals surface area contributed by atoms with Crippen LogP contribution in [0.1, 0.15) is 25.6 Å². The number of carbonyl (C=O) groups excluding carboxylic acids is 2. The zero-order valence-electron chi connectivity index (χ0n) is 14.3. The standard InChI is InChI=1S/C19H15N3O4S/c1-25-16-10-13(11-21-22-18(23)14-4-2-8-20-12-14)6-7-15(16)26-19(24)17-5-3-9-27-17/h2-12H,1H3,(H,22,23)/b21-11-. The molecule has 8 heteroatoms. The lowest BCUT2D eigenvalue weighted by molar-refractivity contribution is 0.0734. The van der Waals surface area contributed by atoms with E-state index in [0.29, 0.717) is 27.5 Å². The van der Waals surface area contributed by atoms with Crippen LogP contribution in [0, 0.1) is 0 Å². The molecule has 0 spiro atoms. The van der Waals surface area contributed by atoms with Crippen molar-refractivity contribution in [1.82, 2.24) is 10.4 Å². The largest absolute Gasteiger partial charge is 0.493 e. The normalized spacial score (nSPS) is 10.6. The number of ether oxygens (including phenoxy) is 2. The Morgan fingerprint density at radius 3 is 2.78 bits per heavy atom. The van der Waals surface area contributed by atoms with Crippen molar-refractivity contribution in [3.63, 3.8) is 0 Å². The number of methoxy groups -OCH3 is 1. The fourth-order valence-corrected chi connectivity index (χ4v) is 2.72. The highest BCUT2D eigenvalue weighted by Gasteiger charge is 2.13. The number of esters is 1. The minimum atomic E-state index is -0.451. The van der Waals surface area contributed by atoms with Gasteiger partial charge < -0.3 is 9.47 Å². The Balaban J connectivity index is 1.66. The zero-order chi connectivity index (χ0) is 19.1. The van der Waals surface area contributed by atoms with Crippen LogP contribution in [-0.4, -0.2) is 30.2 Å². The Labute approximate surface area is 159 Å². The fraction of sp³-hybridized carbons (Fsp3) is 0.0526. The number of aromatic nitrogens is 1. The van der Waals surface area contributed by atoms with E-state index in [1.165, 1.54) is 30.9 Å². The molecule has 0 atom stereocenters. The number of benzene rings is 1. The van der Waals surface area contributed by atoms with Crippen molar-refractivity contribution < 1.29 is 19.1 Å². The molecular formula is C19H15N3O4S. The van der Waals surface area contributed by atoms with Gasteiger partial charge in [-0.1, -0.05) is 6.07 Å². The number of hydrogen-bond donors (Lipinski definition) is 1. The van der Waals surface area contributed by atoms with Gasteiger partial charge in [0.05, 0.1) is 18.9 Å². The van der Waals surface area contributed by atoms with E-state index >= 15 is 0 Å². The lowest BCUT2D eigenvalue weighted by Crippen LogP contribution is -2.17. The van der Waals surface area contributed by atoms with Crippen molar-refractivity contribution in [1.29, 1.82) is 0 Å². The molecule has 0 aliphatic rings. The number of hydrogen-bond acceptors (Lipinski definition) is 7. The second-order valence-corrected chi connectivity index (χ2v) is 6.17. The molecule has 0 aliphatic carbocycles. The quantitative estimate of drug-likeness (QED) is 0.307. The molecule has 3 rings (SSSR count). The van der Waals surface area contributed by atoms with Crippen molar-refractivity contribution in [2.24, 2.45) is 5.10 Å². The fourth-order valence-electron chi connectivity index (χ4n) is 2.12. The molecule has 2 heterocycles. The molecule has 3 aromatic rings. The van der Waals surface area contributed by atoms with Crippen LogP contribution in [0.4, 0.5) is 0 Å². The van der Waals surface area contributed by atoms with Gasteiger partial charge in [-0.25, -0.2) is 10.2 Å². The molecule has 7 nitrogen and oxygen atoms in total. The molecule has 0 radical (unpaired) electrons. The number of rotatable bonds is 6. The minimum absolute atomic E-state index is 0.299. The Bertz CT molecular complexity index is 956. The van der Waals surface area contributed by atoms with Crippen LogP contribution in [0.15, 0.2) is 65.3 Å². The van der Waals surface area contributed by atoms with Gasteiger partial charge in [0.25, 0.3) is 5.91 Å². The van der Waals surface area contributed by atoms with Gasteiger partial charge in [0, 0.05) is 12.4 Å². The summed E-state index contributed by atoms with van der Waals surface area (Å²) >= 11 is 1.30. The average molecular weight is 381 g/mol. The first kappa shape index (κ1) is 18.3. The van der Waals surface area contributed by atoms with Crippen LogP contribution >= 0.6 is 11.3 Å². The first-order chi connectivity index (χ1) is 13.2. The van der Waals surface area contributed by atoms with E-state index in [1.807, 2.05) is 0 Å². The topological polar surface area (TPSA) is 89.9 Å². The molecule has 0 aliphatic heterocycles. The molecule has 0 saturated carbocycles. The summed E-state index contributed by atoms with van der Waals surface area (Å²) in [6.45, 7) is 0. The third kappa shape index (κ3) is 4.77. The number of thiophene rings is 1. The summed E-state index contributed by atoms with van der Waals surface area (Å²) < 4.78 is 10.6. The molecule has 1 amide bonds. The first-order valence-corrected chi connectivity index (χ1v) is 8.72. The third-order valence-corrected chi connectivity index (χ3v) is 4.27. The molecule has 0 bridgehead atoms. The summed E-state index contributed by atoms with van der Waals surface area (Å²) in [5, 5.41) is 5.71.